The van der Waals surface area contributed by atoms with Crippen LogP contribution in [0.2, 0.25) is 0 Å². The molecule has 0 heterocycles. The predicted octanol–water partition coefficient (Wildman–Crippen LogP) is 22.2. The molecule has 0 fully saturated rings. The summed E-state index contributed by atoms with van der Waals surface area (Å²) in [6.45, 7) is 4.50. The zero-order valence-corrected chi connectivity index (χ0v) is 59.8. The van der Waals surface area contributed by atoms with Crippen LogP contribution in [0.15, 0.2) is 182 Å². The van der Waals surface area contributed by atoms with E-state index in [-0.39, 0.29) is 38.6 Å². The SMILES string of the molecule is CC/C=C\C/C=C\C/C=C\C/C=C\C/C=C\C/C=C\C/C=C\C/C=C\C/C=C\C/C=C\CCCCCCCCCCC(=O)OC(COC(=O)CCCCCCCCCCCCCCC/C=C\C/C=C\C/C=C\C/C=C\C/C=C\CC)COC(OCC[N+](C)(C)C)C(=O)[O-]. The van der Waals surface area contributed by atoms with Gasteiger partial charge in [-0.25, -0.2) is 0 Å². The van der Waals surface area contributed by atoms with Gasteiger partial charge in [-0.15, -0.1) is 0 Å². The van der Waals surface area contributed by atoms with Crippen LogP contribution in [0.25, 0.3) is 0 Å². The molecule has 2 unspecified atom stereocenters. The number of hydrogen-bond acceptors (Lipinski definition) is 8. The Morgan fingerprint density at radius 1 is 0.323 bits per heavy atom. The molecular formula is C84H135NO8. The van der Waals surface area contributed by atoms with Gasteiger partial charge in [0, 0.05) is 12.8 Å². The first kappa shape index (κ1) is 87.4. The number of hydrogen-bond donors (Lipinski definition) is 0. The lowest BCUT2D eigenvalue weighted by Gasteiger charge is -2.26. The molecule has 0 saturated heterocycles. The van der Waals surface area contributed by atoms with Crippen LogP contribution in [-0.2, 0) is 33.3 Å². The van der Waals surface area contributed by atoms with Crippen molar-refractivity contribution in [3.63, 3.8) is 0 Å². The van der Waals surface area contributed by atoms with E-state index >= 15 is 0 Å². The van der Waals surface area contributed by atoms with Gasteiger partial charge in [0.1, 0.15) is 13.2 Å². The maximum absolute atomic E-state index is 13.0. The number of carboxylic acids is 1. The molecule has 0 amide bonds. The van der Waals surface area contributed by atoms with E-state index in [1.54, 1.807) is 0 Å². The highest BCUT2D eigenvalue weighted by Gasteiger charge is 2.22. The predicted molar refractivity (Wildman–Crippen MR) is 398 cm³/mol. The average molecular weight is 1290 g/mol. The van der Waals surface area contributed by atoms with Gasteiger partial charge >= 0.3 is 11.9 Å². The van der Waals surface area contributed by atoms with E-state index in [0.717, 1.165) is 141 Å². The molecule has 0 aliphatic carbocycles. The van der Waals surface area contributed by atoms with E-state index < -0.39 is 24.3 Å². The standard InChI is InChI=1S/C84H135NO8/c1-6-8-10-12-14-16-18-20-22-24-26-28-30-32-34-36-37-38-39-40-41-42-43-44-45-47-49-51-53-55-57-59-61-63-65-67-69-71-73-75-82(87)93-80(79-92-84(83(88)89)90-77-76-85(3,4)5)78-91-81(86)74-72-70-68-66-64-62-60-58-56-54-52-50-48-46-35-33-31-29-27-25-23-21-19-17-15-13-11-9-7-2/h8-11,14-17,20-23,26-29,32-35,37-38,40-41,43-44,47,49,53,55,80,84H,6-7,12-13,18-19,24-25,30-31,36,39,42,45-46,48,50-52,54,56-79H2,1-5H3/b10-8-,11-9-,16-14-,17-15-,22-20-,23-21-,28-26-,29-27-,34-32-,35-33-,38-37-,41-40-,44-43-,49-47-,55-53-. The van der Waals surface area contributed by atoms with Crippen LogP contribution in [0.1, 0.15) is 271 Å². The van der Waals surface area contributed by atoms with Crippen molar-refractivity contribution >= 4 is 17.9 Å². The number of unbranched alkanes of at least 4 members (excludes halogenated alkanes) is 21. The third-order valence-corrected chi connectivity index (χ3v) is 15.1. The molecule has 0 N–H and O–H groups in total. The lowest BCUT2D eigenvalue weighted by Crippen LogP contribution is -2.44. The van der Waals surface area contributed by atoms with Gasteiger partial charge in [-0.3, -0.25) is 9.59 Å². The van der Waals surface area contributed by atoms with Crippen molar-refractivity contribution in [2.24, 2.45) is 0 Å². The summed E-state index contributed by atoms with van der Waals surface area (Å²) in [6.07, 6.45) is 107. The quantitative estimate of drug-likeness (QED) is 0.0195. The molecule has 9 nitrogen and oxygen atoms in total. The number of likely N-dealkylation sites (N-methyl/N-ethyl adjacent to an activating group) is 1. The van der Waals surface area contributed by atoms with Crippen molar-refractivity contribution in [1.82, 2.24) is 0 Å². The van der Waals surface area contributed by atoms with Gasteiger partial charge in [0.05, 0.1) is 40.3 Å². The van der Waals surface area contributed by atoms with Gasteiger partial charge in [-0.2, -0.15) is 0 Å². The summed E-state index contributed by atoms with van der Waals surface area (Å²) in [7, 11) is 5.92. The summed E-state index contributed by atoms with van der Waals surface area (Å²) in [5.41, 5.74) is 0. The van der Waals surface area contributed by atoms with Gasteiger partial charge in [-0.1, -0.05) is 305 Å². The van der Waals surface area contributed by atoms with Crippen molar-refractivity contribution < 1.29 is 42.9 Å². The number of rotatable bonds is 66. The minimum absolute atomic E-state index is 0.137. The van der Waals surface area contributed by atoms with Crippen LogP contribution < -0.4 is 5.11 Å². The zero-order valence-electron chi connectivity index (χ0n) is 59.8. The molecule has 0 spiro atoms. The number of carbonyl (C=O) groups excluding carboxylic acids is 3. The third kappa shape index (κ3) is 73.7. The van der Waals surface area contributed by atoms with Gasteiger partial charge in [0.15, 0.2) is 12.4 Å². The number of aliphatic carboxylic acids is 1. The number of carboxylic acid groups (broad SMARTS) is 1. The Bertz CT molecular complexity index is 2190. The highest BCUT2D eigenvalue weighted by atomic mass is 16.7. The molecular weight excluding hydrogens is 1150 g/mol. The largest absolute Gasteiger partial charge is 0.545 e. The molecule has 2 atom stereocenters. The summed E-state index contributed by atoms with van der Waals surface area (Å²) in [6, 6.07) is 0. The van der Waals surface area contributed by atoms with Gasteiger partial charge < -0.3 is 33.3 Å². The van der Waals surface area contributed by atoms with Gasteiger partial charge in [0.25, 0.3) is 0 Å². The summed E-state index contributed by atoms with van der Waals surface area (Å²) in [5, 5.41) is 11.8. The van der Waals surface area contributed by atoms with Crippen LogP contribution in [0.5, 0.6) is 0 Å². The maximum atomic E-state index is 13.0. The first-order valence-electron chi connectivity index (χ1n) is 36.9. The van der Waals surface area contributed by atoms with Gasteiger partial charge in [-0.05, 0) is 135 Å². The number of allylic oxidation sites excluding steroid dienone is 30. The molecule has 0 aliphatic heterocycles. The Morgan fingerprint density at radius 3 is 0.860 bits per heavy atom. The summed E-state index contributed by atoms with van der Waals surface area (Å²) in [4.78, 5) is 37.6. The fraction of sp³-hybridized carbons (Fsp3) is 0.607. The number of quaternary nitrogens is 1. The van der Waals surface area contributed by atoms with E-state index in [0.29, 0.717) is 17.4 Å². The molecule has 0 saturated carbocycles. The maximum Gasteiger partial charge on any atom is 0.306 e. The highest BCUT2D eigenvalue weighted by molar-refractivity contribution is 5.70. The molecule has 0 aromatic carbocycles. The zero-order chi connectivity index (χ0) is 67.5. The Morgan fingerprint density at radius 2 is 0.581 bits per heavy atom. The number of carbonyl (C=O) groups is 3. The van der Waals surface area contributed by atoms with Crippen molar-refractivity contribution in [1.29, 1.82) is 0 Å². The van der Waals surface area contributed by atoms with Crippen LogP contribution in [0.4, 0.5) is 0 Å². The molecule has 0 radical (unpaired) electrons. The van der Waals surface area contributed by atoms with Crippen molar-refractivity contribution in [3.8, 4) is 0 Å². The summed E-state index contributed by atoms with van der Waals surface area (Å²) < 4.78 is 22.8. The lowest BCUT2D eigenvalue weighted by atomic mass is 10.0. The number of nitrogens with zero attached hydrogens (tertiary/aromatic N) is 1. The minimum Gasteiger partial charge on any atom is -0.545 e. The van der Waals surface area contributed by atoms with E-state index in [1.807, 2.05) is 21.1 Å². The first-order valence-corrected chi connectivity index (χ1v) is 36.9. The Hall–Kier alpha value is -5.61. The lowest BCUT2D eigenvalue weighted by molar-refractivity contribution is -0.870. The fourth-order valence-electron chi connectivity index (χ4n) is 9.59. The Kier molecular flexibility index (Phi) is 67.9. The first-order chi connectivity index (χ1) is 45.6. The van der Waals surface area contributed by atoms with Crippen molar-refractivity contribution in [2.75, 3.05) is 47.5 Å². The topological polar surface area (TPSA) is 111 Å². The van der Waals surface area contributed by atoms with Crippen LogP contribution in [0, 0.1) is 0 Å². The molecule has 9 heteroatoms. The third-order valence-electron chi connectivity index (χ3n) is 15.1. The van der Waals surface area contributed by atoms with Crippen molar-refractivity contribution in [2.45, 2.75) is 283 Å². The minimum atomic E-state index is -1.64. The molecule has 524 valence electrons. The van der Waals surface area contributed by atoms with Gasteiger partial charge in [0.2, 0.25) is 0 Å². The molecule has 0 aliphatic rings. The second kappa shape index (κ2) is 72.2. The Labute approximate surface area is 570 Å². The summed E-state index contributed by atoms with van der Waals surface area (Å²) in [5.74, 6) is -2.31. The summed E-state index contributed by atoms with van der Waals surface area (Å²) >= 11 is 0. The van der Waals surface area contributed by atoms with E-state index in [1.165, 1.54) is 96.3 Å². The fourth-order valence-corrected chi connectivity index (χ4v) is 9.59. The van der Waals surface area contributed by atoms with Crippen LogP contribution in [0.3, 0.4) is 0 Å². The van der Waals surface area contributed by atoms with Crippen molar-refractivity contribution in [3.05, 3.63) is 182 Å². The molecule has 0 aromatic heterocycles. The molecule has 93 heavy (non-hydrogen) atoms. The monoisotopic (exact) mass is 1290 g/mol. The number of ether oxygens (including phenoxy) is 4. The normalized spacial score (nSPS) is 13.8. The second-order valence-corrected chi connectivity index (χ2v) is 25.1. The smallest absolute Gasteiger partial charge is 0.306 e. The number of esters is 2. The second-order valence-electron chi connectivity index (χ2n) is 25.1. The molecule has 0 aromatic rings. The van der Waals surface area contributed by atoms with Crippen LogP contribution in [-0.4, -0.2) is 82.3 Å². The highest BCUT2D eigenvalue weighted by Crippen LogP contribution is 2.16. The molecule has 0 rings (SSSR count). The van der Waals surface area contributed by atoms with Crippen LogP contribution >= 0.6 is 0 Å². The van der Waals surface area contributed by atoms with E-state index in [4.69, 9.17) is 18.9 Å². The molecule has 0 bridgehead atoms. The van der Waals surface area contributed by atoms with E-state index in [2.05, 4.69) is 196 Å². The average Bonchev–Trinajstić information content (AvgIpc) is 3.38. The Balaban J connectivity index is 4.18. The van der Waals surface area contributed by atoms with E-state index in [9.17, 15) is 19.5 Å².